The number of nitrogens with zero attached hydrogens (tertiary/aromatic N) is 5. The van der Waals surface area contributed by atoms with Crippen molar-refractivity contribution in [3.05, 3.63) is 30.6 Å². The van der Waals surface area contributed by atoms with Crippen molar-refractivity contribution in [1.82, 2.24) is 19.9 Å². The van der Waals surface area contributed by atoms with Gasteiger partial charge in [-0.1, -0.05) is 0 Å². The third kappa shape index (κ3) is 4.84. The molecule has 1 amide bonds. The Kier molecular flexibility index (Phi) is 6.20. The van der Waals surface area contributed by atoms with Crippen LogP contribution in [-0.2, 0) is 4.74 Å². The molecule has 0 radical (unpaired) electrons. The van der Waals surface area contributed by atoms with Gasteiger partial charge < -0.3 is 23.9 Å². The van der Waals surface area contributed by atoms with Gasteiger partial charge in [-0.25, -0.2) is 14.8 Å². The van der Waals surface area contributed by atoms with E-state index in [2.05, 4.69) is 15.0 Å². The maximum atomic E-state index is 14.7. The van der Waals surface area contributed by atoms with Gasteiger partial charge in [-0.15, -0.1) is 0 Å². The number of carbonyl (C=O) groups excluding carboxylic acids is 1. The van der Waals surface area contributed by atoms with Crippen LogP contribution in [0.4, 0.5) is 19.6 Å². The third-order valence-electron chi connectivity index (χ3n) is 6.61. The van der Waals surface area contributed by atoms with Crippen LogP contribution in [0.5, 0.6) is 5.75 Å². The molecule has 0 spiro atoms. The summed E-state index contributed by atoms with van der Waals surface area (Å²) < 4.78 is 46.1. The molecule has 38 heavy (non-hydrogen) atoms. The first-order chi connectivity index (χ1) is 17.7. The topological polar surface area (TPSA) is 114 Å². The first-order valence-corrected chi connectivity index (χ1v) is 12.5. The van der Waals surface area contributed by atoms with E-state index in [9.17, 15) is 18.7 Å². The summed E-state index contributed by atoms with van der Waals surface area (Å²) >= 11 is 0. The summed E-state index contributed by atoms with van der Waals surface area (Å²) in [6.45, 7) is 8.30. The minimum Gasteiger partial charge on any atom is -0.444 e. The zero-order valence-electron chi connectivity index (χ0n) is 21.9. The van der Waals surface area contributed by atoms with Crippen molar-refractivity contribution in [2.45, 2.75) is 76.9 Å². The van der Waals surface area contributed by atoms with Crippen LogP contribution in [-0.4, -0.2) is 73.5 Å². The predicted molar refractivity (Wildman–Crippen MR) is 134 cm³/mol. The highest BCUT2D eigenvalue weighted by atomic mass is 19.3. The van der Waals surface area contributed by atoms with Crippen molar-refractivity contribution in [3.63, 3.8) is 0 Å². The van der Waals surface area contributed by atoms with Gasteiger partial charge in [0, 0.05) is 25.5 Å². The number of aromatic nitrogens is 3. The summed E-state index contributed by atoms with van der Waals surface area (Å²) in [4.78, 5) is 29.6. The monoisotopic (exact) mass is 531 g/mol. The van der Waals surface area contributed by atoms with Crippen molar-refractivity contribution in [1.29, 1.82) is 0 Å². The number of oxazole rings is 1. The second-order valence-electron chi connectivity index (χ2n) is 11.2. The second-order valence-corrected chi connectivity index (χ2v) is 11.2. The van der Waals surface area contributed by atoms with Crippen LogP contribution in [0.2, 0.25) is 0 Å². The Morgan fingerprint density at radius 1 is 1.08 bits per heavy atom. The first-order valence-electron chi connectivity index (χ1n) is 12.5. The molecule has 2 aromatic heterocycles. The quantitative estimate of drug-likeness (QED) is 0.504. The Balaban J connectivity index is 1.50. The molecule has 1 N–H and O–H groups in total. The van der Waals surface area contributed by atoms with Gasteiger partial charge in [0.25, 0.3) is 6.01 Å². The SMILES string of the molecule is CC(C)(C)OC(=O)N1C2CCC1CN(c1nc3c(OC(F)(F)C(C)(C)O)ccc(-c4ncccn4)c3o1)C2. The van der Waals surface area contributed by atoms with E-state index in [1.54, 1.807) is 23.4 Å². The van der Waals surface area contributed by atoms with Gasteiger partial charge in [0.15, 0.2) is 28.3 Å². The number of rotatable bonds is 5. The van der Waals surface area contributed by atoms with E-state index in [0.717, 1.165) is 26.7 Å². The highest BCUT2D eigenvalue weighted by molar-refractivity contribution is 5.93. The maximum Gasteiger partial charge on any atom is 0.426 e. The standard InChI is InChI=1S/C26H31F2N5O5/c1-24(2,3)38-23(34)33-15-7-8-16(33)14-32(13-15)22-31-19-18(37-26(27,28)25(4,5)35)10-9-17(20(19)36-22)21-29-11-6-12-30-21/h6,9-12,15-16,35H,7-8,13-14H2,1-5H3. The lowest BCUT2D eigenvalue weighted by Crippen LogP contribution is -2.56. The molecule has 3 aromatic rings. The fourth-order valence-electron chi connectivity index (χ4n) is 4.74. The van der Waals surface area contributed by atoms with Crippen LogP contribution in [0.3, 0.4) is 0 Å². The van der Waals surface area contributed by atoms with Crippen molar-refractivity contribution < 1.29 is 32.6 Å². The molecule has 2 unspecified atom stereocenters. The molecule has 4 heterocycles. The Morgan fingerprint density at radius 2 is 1.71 bits per heavy atom. The lowest BCUT2D eigenvalue weighted by Gasteiger charge is -2.40. The van der Waals surface area contributed by atoms with Crippen LogP contribution >= 0.6 is 0 Å². The zero-order valence-corrected chi connectivity index (χ0v) is 21.9. The van der Waals surface area contributed by atoms with Crippen LogP contribution < -0.4 is 9.64 Å². The van der Waals surface area contributed by atoms with Crippen molar-refractivity contribution in [3.8, 4) is 17.1 Å². The number of hydrogen-bond donors (Lipinski definition) is 1. The molecule has 10 nitrogen and oxygen atoms in total. The van der Waals surface area contributed by atoms with E-state index >= 15 is 0 Å². The van der Waals surface area contributed by atoms with Gasteiger partial charge in [0.05, 0.1) is 17.6 Å². The van der Waals surface area contributed by atoms with E-state index in [1.165, 1.54) is 12.1 Å². The summed E-state index contributed by atoms with van der Waals surface area (Å²) in [6, 6.07) is 4.52. The number of halogens is 2. The fraction of sp³-hybridized carbons (Fsp3) is 0.538. The highest BCUT2D eigenvalue weighted by Gasteiger charge is 2.49. The van der Waals surface area contributed by atoms with Gasteiger partial charge in [-0.2, -0.15) is 13.8 Å². The molecule has 12 heteroatoms. The summed E-state index contributed by atoms with van der Waals surface area (Å²) in [6.07, 6.45) is 0.473. The van der Waals surface area contributed by atoms with Crippen LogP contribution in [0, 0.1) is 0 Å². The number of aliphatic hydroxyl groups is 1. The number of amides is 1. The average Bonchev–Trinajstić information content (AvgIpc) is 3.37. The van der Waals surface area contributed by atoms with E-state index in [4.69, 9.17) is 13.9 Å². The number of anilines is 1. The molecule has 2 aliphatic rings. The number of benzene rings is 1. The Morgan fingerprint density at radius 3 is 2.29 bits per heavy atom. The molecule has 0 aliphatic carbocycles. The van der Waals surface area contributed by atoms with E-state index in [1.807, 2.05) is 25.7 Å². The van der Waals surface area contributed by atoms with Crippen molar-refractivity contribution in [2.75, 3.05) is 18.0 Å². The predicted octanol–water partition coefficient (Wildman–Crippen LogP) is 4.62. The molecule has 2 aliphatic heterocycles. The molecule has 2 atom stereocenters. The van der Waals surface area contributed by atoms with E-state index in [0.29, 0.717) is 24.5 Å². The second kappa shape index (κ2) is 9.04. The number of ether oxygens (including phenoxy) is 2. The minimum atomic E-state index is -3.90. The Bertz CT molecular complexity index is 1320. The van der Waals surface area contributed by atoms with Gasteiger partial charge in [-0.3, -0.25) is 4.90 Å². The van der Waals surface area contributed by atoms with Gasteiger partial charge in [0.1, 0.15) is 5.60 Å². The molecule has 204 valence electrons. The van der Waals surface area contributed by atoms with Crippen LogP contribution in [0.15, 0.2) is 35.0 Å². The third-order valence-corrected chi connectivity index (χ3v) is 6.61. The van der Waals surface area contributed by atoms with Crippen molar-refractivity contribution >= 4 is 23.2 Å². The summed E-state index contributed by atoms with van der Waals surface area (Å²) in [5.41, 5.74) is -2.36. The summed E-state index contributed by atoms with van der Waals surface area (Å²) in [5, 5.41) is 9.94. The number of piperazine rings is 1. The molecular formula is C26H31F2N5O5. The molecule has 1 aromatic carbocycles. The van der Waals surface area contributed by atoms with Crippen LogP contribution in [0.25, 0.3) is 22.5 Å². The minimum absolute atomic E-state index is 0.0517. The van der Waals surface area contributed by atoms with Crippen LogP contribution in [0.1, 0.15) is 47.5 Å². The Labute approximate surface area is 218 Å². The van der Waals surface area contributed by atoms with Gasteiger partial charge in [0.2, 0.25) is 0 Å². The molecule has 2 fully saturated rings. The van der Waals surface area contributed by atoms with Gasteiger partial charge in [-0.05, 0) is 65.7 Å². The lowest BCUT2D eigenvalue weighted by molar-refractivity contribution is -0.275. The number of alkyl halides is 2. The summed E-state index contributed by atoms with van der Waals surface area (Å²) in [7, 11) is 0. The zero-order chi connectivity index (χ0) is 27.5. The molecule has 2 saturated heterocycles. The average molecular weight is 532 g/mol. The number of hydrogen-bond acceptors (Lipinski definition) is 9. The van der Waals surface area contributed by atoms with E-state index in [-0.39, 0.29) is 41.0 Å². The fourth-order valence-corrected chi connectivity index (χ4v) is 4.74. The number of carbonyl (C=O) groups is 1. The lowest BCUT2D eigenvalue weighted by atomic mass is 10.1. The van der Waals surface area contributed by atoms with E-state index < -0.39 is 17.3 Å². The normalized spacial score (nSPS) is 20.2. The molecule has 5 rings (SSSR count). The molecule has 0 saturated carbocycles. The molecule has 2 bridgehead atoms. The summed E-state index contributed by atoms with van der Waals surface area (Å²) in [5.74, 6) is 0.0768. The maximum absolute atomic E-state index is 14.7. The van der Waals surface area contributed by atoms with Gasteiger partial charge >= 0.3 is 12.2 Å². The Hall–Kier alpha value is -3.54. The van der Waals surface area contributed by atoms with Crippen molar-refractivity contribution in [2.24, 2.45) is 0 Å². The highest BCUT2D eigenvalue weighted by Crippen LogP contribution is 2.41. The molecular weight excluding hydrogens is 500 g/mol. The number of fused-ring (bicyclic) bond motifs is 3. The largest absolute Gasteiger partial charge is 0.444 e. The smallest absolute Gasteiger partial charge is 0.426 e. The first kappa shape index (κ1) is 26.1.